The highest BCUT2D eigenvalue weighted by atomic mass is 16.4. The fourth-order valence-corrected chi connectivity index (χ4v) is 1.94. The van der Waals surface area contributed by atoms with E-state index in [-0.39, 0.29) is 12.5 Å². The van der Waals surface area contributed by atoms with Crippen LogP contribution in [0.2, 0.25) is 0 Å². The Morgan fingerprint density at radius 1 is 1.30 bits per heavy atom. The summed E-state index contributed by atoms with van der Waals surface area (Å²) in [6.07, 6.45) is 0.482. The van der Waals surface area contributed by atoms with E-state index in [4.69, 9.17) is 5.11 Å². The third-order valence-corrected chi connectivity index (χ3v) is 3.02. The van der Waals surface area contributed by atoms with Crippen LogP contribution in [-0.2, 0) is 4.79 Å². The number of para-hydroxylation sites is 1. The van der Waals surface area contributed by atoms with Gasteiger partial charge in [0.2, 0.25) is 0 Å². The zero-order chi connectivity index (χ0) is 15.1. The Labute approximate surface area is 119 Å². The highest BCUT2D eigenvalue weighted by Gasteiger charge is 2.11. The van der Waals surface area contributed by atoms with Crippen LogP contribution in [0.4, 0.5) is 10.5 Å². The number of aliphatic carboxylic acids is 1. The number of benzene rings is 1. The number of hydrogen-bond acceptors (Lipinski definition) is 2. The minimum atomic E-state index is -0.854. The summed E-state index contributed by atoms with van der Waals surface area (Å²) < 4.78 is 0. The van der Waals surface area contributed by atoms with Gasteiger partial charge in [0, 0.05) is 18.7 Å². The molecule has 0 heterocycles. The van der Waals surface area contributed by atoms with Crippen LogP contribution in [0, 0.1) is 6.92 Å². The molecule has 0 saturated carbocycles. The van der Waals surface area contributed by atoms with E-state index >= 15 is 0 Å². The summed E-state index contributed by atoms with van der Waals surface area (Å²) in [6.45, 7) is 6.45. The van der Waals surface area contributed by atoms with E-state index < -0.39 is 5.97 Å². The number of amides is 2. The zero-order valence-corrected chi connectivity index (χ0v) is 12.2. The van der Waals surface area contributed by atoms with Crippen molar-refractivity contribution >= 4 is 17.7 Å². The van der Waals surface area contributed by atoms with Crippen molar-refractivity contribution in [2.45, 2.75) is 39.5 Å². The Morgan fingerprint density at radius 3 is 2.60 bits per heavy atom. The lowest BCUT2D eigenvalue weighted by Crippen LogP contribution is -2.30. The second kappa shape index (κ2) is 7.53. The van der Waals surface area contributed by atoms with Gasteiger partial charge in [-0.05, 0) is 30.4 Å². The molecule has 0 spiro atoms. The first-order valence-corrected chi connectivity index (χ1v) is 6.78. The second-order valence-electron chi connectivity index (χ2n) is 5.07. The summed E-state index contributed by atoms with van der Waals surface area (Å²) >= 11 is 0. The van der Waals surface area contributed by atoms with Crippen LogP contribution in [-0.4, -0.2) is 23.7 Å². The lowest BCUT2D eigenvalue weighted by Gasteiger charge is -2.16. The van der Waals surface area contributed by atoms with Gasteiger partial charge in [-0.25, -0.2) is 4.79 Å². The quantitative estimate of drug-likeness (QED) is 0.700. The number of nitrogens with one attached hydrogen (secondary N) is 2. The van der Waals surface area contributed by atoms with E-state index in [9.17, 15) is 9.59 Å². The maximum Gasteiger partial charge on any atom is 0.319 e. The number of carbonyl (C=O) groups is 2. The third-order valence-electron chi connectivity index (χ3n) is 3.02. The largest absolute Gasteiger partial charge is 0.481 e. The molecular weight excluding hydrogens is 256 g/mol. The molecule has 2 amide bonds. The van der Waals surface area contributed by atoms with E-state index in [0.717, 1.165) is 16.8 Å². The maximum absolute atomic E-state index is 11.8. The number of carbonyl (C=O) groups excluding carboxylic acids is 1. The smallest absolute Gasteiger partial charge is 0.319 e. The van der Waals surface area contributed by atoms with Gasteiger partial charge in [0.25, 0.3) is 0 Å². The van der Waals surface area contributed by atoms with E-state index in [1.165, 1.54) is 0 Å². The molecule has 5 nitrogen and oxygen atoms in total. The average molecular weight is 278 g/mol. The van der Waals surface area contributed by atoms with Gasteiger partial charge in [0.05, 0.1) is 0 Å². The molecule has 110 valence electrons. The van der Waals surface area contributed by atoms with Crippen LogP contribution >= 0.6 is 0 Å². The highest BCUT2D eigenvalue weighted by Crippen LogP contribution is 2.27. The summed E-state index contributed by atoms with van der Waals surface area (Å²) in [7, 11) is 0. The first kappa shape index (κ1) is 16.0. The van der Waals surface area contributed by atoms with Gasteiger partial charge in [0.15, 0.2) is 0 Å². The van der Waals surface area contributed by atoms with Crippen molar-refractivity contribution < 1.29 is 14.7 Å². The van der Waals surface area contributed by atoms with Gasteiger partial charge in [0.1, 0.15) is 0 Å². The van der Waals surface area contributed by atoms with Crippen molar-refractivity contribution in [1.82, 2.24) is 5.32 Å². The Hall–Kier alpha value is -2.04. The normalized spacial score (nSPS) is 10.4. The minimum Gasteiger partial charge on any atom is -0.481 e. The number of hydrogen-bond donors (Lipinski definition) is 3. The van der Waals surface area contributed by atoms with Crippen molar-refractivity contribution in [3.8, 4) is 0 Å². The standard InChI is InChI=1S/C15H22N2O3/c1-10(2)12-7-4-6-11(3)14(12)17-15(20)16-9-5-8-13(18)19/h4,6-7,10H,5,8-9H2,1-3H3,(H,18,19)(H2,16,17,20). The van der Waals surface area contributed by atoms with Crippen molar-refractivity contribution in [1.29, 1.82) is 0 Å². The van der Waals surface area contributed by atoms with Crippen molar-refractivity contribution in [2.75, 3.05) is 11.9 Å². The Balaban J connectivity index is 2.59. The summed E-state index contributed by atoms with van der Waals surface area (Å²) in [5.41, 5.74) is 2.93. The SMILES string of the molecule is Cc1cccc(C(C)C)c1NC(=O)NCCCC(=O)O. The van der Waals surface area contributed by atoms with Gasteiger partial charge in [-0.2, -0.15) is 0 Å². The maximum atomic E-state index is 11.8. The molecular formula is C15H22N2O3. The molecule has 0 saturated heterocycles. The molecule has 0 aromatic heterocycles. The van der Waals surface area contributed by atoms with Crippen LogP contribution in [0.25, 0.3) is 0 Å². The topological polar surface area (TPSA) is 78.4 Å². The predicted octanol–water partition coefficient (Wildman–Crippen LogP) is 3.10. The van der Waals surface area contributed by atoms with E-state index in [1.54, 1.807) is 0 Å². The fraction of sp³-hybridized carbons (Fsp3) is 0.467. The van der Waals surface area contributed by atoms with Gasteiger partial charge in [-0.15, -0.1) is 0 Å². The number of carboxylic acid groups (broad SMARTS) is 1. The van der Waals surface area contributed by atoms with Crippen LogP contribution < -0.4 is 10.6 Å². The third kappa shape index (κ3) is 4.91. The summed E-state index contributed by atoms with van der Waals surface area (Å²) in [4.78, 5) is 22.2. The minimum absolute atomic E-state index is 0.0574. The number of aryl methyl sites for hydroxylation is 1. The molecule has 0 bridgehead atoms. The summed E-state index contributed by atoms with van der Waals surface area (Å²) in [5.74, 6) is -0.537. The molecule has 0 aliphatic heterocycles. The number of urea groups is 1. The van der Waals surface area contributed by atoms with Gasteiger partial charge >= 0.3 is 12.0 Å². The molecule has 1 aromatic rings. The molecule has 0 atom stereocenters. The molecule has 0 aliphatic carbocycles. The van der Waals surface area contributed by atoms with Crippen LogP contribution in [0.3, 0.4) is 0 Å². The van der Waals surface area contributed by atoms with Crippen molar-refractivity contribution in [2.24, 2.45) is 0 Å². The monoisotopic (exact) mass is 278 g/mol. The Morgan fingerprint density at radius 2 is 2.00 bits per heavy atom. The van der Waals surface area contributed by atoms with Crippen LogP contribution in [0.5, 0.6) is 0 Å². The molecule has 1 rings (SSSR count). The predicted molar refractivity (Wildman–Crippen MR) is 79.2 cm³/mol. The van der Waals surface area contributed by atoms with Gasteiger partial charge in [-0.3, -0.25) is 4.79 Å². The fourth-order valence-electron chi connectivity index (χ4n) is 1.94. The Bertz CT molecular complexity index is 484. The molecule has 0 radical (unpaired) electrons. The number of anilines is 1. The molecule has 0 fully saturated rings. The molecule has 3 N–H and O–H groups in total. The van der Waals surface area contributed by atoms with Gasteiger partial charge in [-0.1, -0.05) is 32.0 Å². The summed E-state index contributed by atoms with van der Waals surface area (Å²) in [6, 6.07) is 5.62. The second-order valence-corrected chi connectivity index (χ2v) is 5.07. The zero-order valence-electron chi connectivity index (χ0n) is 12.2. The van der Waals surface area contributed by atoms with E-state index in [0.29, 0.717) is 18.9 Å². The number of carboxylic acids is 1. The summed E-state index contributed by atoms with van der Waals surface area (Å²) in [5, 5.41) is 14.0. The molecule has 5 heteroatoms. The Kier molecular flexibility index (Phi) is 6.03. The van der Waals surface area contributed by atoms with Crippen LogP contribution in [0.1, 0.15) is 43.7 Å². The first-order chi connectivity index (χ1) is 9.41. The highest BCUT2D eigenvalue weighted by molar-refractivity contribution is 5.91. The van der Waals surface area contributed by atoms with E-state index in [1.807, 2.05) is 25.1 Å². The first-order valence-electron chi connectivity index (χ1n) is 6.78. The average Bonchev–Trinajstić information content (AvgIpc) is 2.36. The lowest BCUT2D eigenvalue weighted by molar-refractivity contribution is -0.137. The number of rotatable bonds is 6. The lowest BCUT2D eigenvalue weighted by atomic mass is 9.98. The van der Waals surface area contributed by atoms with Crippen LogP contribution in [0.15, 0.2) is 18.2 Å². The van der Waals surface area contributed by atoms with Crippen molar-refractivity contribution in [3.63, 3.8) is 0 Å². The van der Waals surface area contributed by atoms with Gasteiger partial charge < -0.3 is 15.7 Å². The van der Waals surface area contributed by atoms with E-state index in [2.05, 4.69) is 24.5 Å². The molecule has 0 aliphatic rings. The molecule has 1 aromatic carbocycles. The molecule has 20 heavy (non-hydrogen) atoms. The molecule has 0 unspecified atom stereocenters. The van der Waals surface area contributed by atoms with Crippen molar-refractivity contribution in [3.05, 3.63) is 29.3 Å².